The van der Waals surface area contributed by atoms with E-state index >= 15 is 0 Å². The summed E-state index contributed by atoms with van der Waals surface area (Å²) in [5, 5.41) is 5.50. The van der Waals surface area contributed by atoms with Gasteiger partial charge in [0.1, 0.15) is 5.70 Å². The molecule has 0 aromatic heterocycles. The molecule has 1 unspecified atom stereocenters. The number of nitrogens with one attached hydrogen (secondary N) is 2. The van der Waals surface area contributed by atoms with Gasteiger partial charge in [-0.15, -0.1) is 11.8 Å². The molecule has 47 heavy (non-hydrogen) atoms. The average Bonchev–Trinajstić information content (AvgIpc) is 3.34. The third kappa shape index (κ3) is 8.28. The number of halogens is 2. The fraction of sp³-hybridized carbons (Fsp3) is 0.114. The summed E-state index contributed by atoms with van der Waals surface area (Å²) in [7, 11) is 0. The molecular weight excluding hydrogens is 661 g/mol. The summed E-state index contributed by atoms with van der Waals surface area (Å²) in [5.74, 6) is -2.28. The molecule has 12 heteroatoms. The van der Waals surface area contributed by atoms with Gasteiger partial charge in [0.25, 0.3) is 11.8 Å². The minimum atomic E-state index is -0.653. The lowest BCUT2D eigenvalue weighted by molar-refractivity contribution is -0.121. The van der Waals surface area contributed by atoms with Gasteiger partial charge in [-0.05, 0) is 91.4 Å². The highest BCUT2D eigenvalue weighted by Gasteiger charge is 2.40. The van der Waals surface area contributed by atoms with Crippen LogP contribution in [0.2, 0.25) is 10.0 Å². The van der Waals surface area contributed by atoms with Crippen LogP contribution < -0.4 is 15.5 Å². The Balaban J connectivity index is 1.27. The molecule has 4 aromatic rings. The summed E-state index contributed by atoms with van der Waals surface area (Å²) in [4.78, 5) is 66.0. The van der Waals surface area contributed by atoms with E-state index in [2.05, 4.69) is 10.6 Å². The summed E-state index contributed by atoms with van der Waals surface area (Å²) in [6, 6.07) is 26.1. The zero-order chi connectivity index (χ0) is 33.5. The van der Waals surface area contributed by atoms with E-state index in [0.717, 1.165) is 4.90 Å². The van der Waals surface area contributed by atoms with Gasteiger partial charge in [-0.25, -0.2) is 9.69 Å². The molecule has 9 nitrogen and oxygen atoms in total. The van der Waals surface area contributed by atoms with Crippen molar-refractivity contribution in [3.63, 3.8) is 0 Å². The second-order valence-electron chi connectivity index (χ2n) is 10.2. The Morgan fingerprint density at radius 2 is 1.62 bits per heavy atom. The van der Waals surface area contributed by atoms with Gasteiger partial charge in [-0.1, -0.05) is 47.5 Å². The van der Waals surface area contributed by atoms with Gasteiger partial charge in [0.2, 0.25) is 11.8 Å². The van der Waals surface area contributed by atoms with Crippen molar-refractivity contribution in [1.82, 2.24) is 5.32 Å². The van der Waals surface area contributed by atoms with E-state index in [1.807, 2.05) is 0 Å². The zero-order valence-corrected chi connectivity index (χ0v) is 27.2. The molecule has 238 valence electrons. The van der Waals surface area contributed by atoms with Crippen molar-refractivity contribution in [3.05, 3.63) is 129 Å². The molecule has 1 saturated heterocycles. The van der Waals surface area contributed by atoms with Crippen LogP contribution in [0.25, 0.3) is 6.08 Å². The van der Waals surface area contributed by atoms with E-state index in [4.69, 9.17) is 27.9 Å². The van der Waals surface area contributed by atoms with Gasteiger partial charge >= 0.3 is 5.97 Å². The fourth-order valence-electron chi connectivity index (χ4n) is 4.62. The van der Waals surface area contributed by atoms with Gasteiger partial charge in [0.05, 0.1) is 23.1 Å². The zero-order valence-electron chi connectivity index (χ0n) is 24.9. The smallest absolute Gasteiger partial charge is 0.338 e. The molecule has 5 rings (SSSR count). The molecule has 2 N–H and O–H groups in total. The maximum atomic E-state index is 13.4. The molecule has 1 aliphatic rings. The number of hydrogen-bond acceptors (Lipinski definition) is 7. The van der Waals surface area contributed by atoms with E-state index in [1.54, 1.807) is 85.8 Å². The van der Waals surface area contributed by atoms with Crippen LogP contribution in [0.4, 0.5) is 11.4 Å². The number of carbonyl (C=O) groups is 5. The van der Waals surface area contributed by atoms with Crippen molar-refractivity contribution in [2.24, 2.45) is 0 Å². The molecule has 0 saturated carbocycles. The molecule has 1 fully saturated rings. The van der Waals surface area contributed by atoms with Gasteiger partial charge in [0, 0.05) is 32.6 Å². The van der Waals surface area contributed by atoms with Crippen LogP contribution in [0.1, 0.15) is 39.6 Å². The Morgan fingerprint density at radius 1 is 0.915 bits per heavy atom. The first kappa shape index (κ1) is 33.5. The Morgan fingerprint density at radius 3 is 2.28 bits per heavy atom. The molecule has 0 spiro atoms. The lowest BCUT2D eigenvalue weighted by atomic mass is 10.1. The van der Waals surface area contributed by atoms with Gasteiger partial charge in [0.15, 0.2) is 0 Å². The first-order valence-corrected chi connectivity index (χ1v) is 16.0. The van der Waals surface area contributed by atoms with Crippen LogP contribution in [0.15, 0.2) is 108 Å². The Bertz CT molecular complexity index is 1860. The molecule has 0 radical (unpaired) electrons. The monoisotopic (exact) mass is 687 g/mol. The Labute approximate surface area is 284 Å². The number of imide groups is 1. The first-order chi connectivity index (χ1) is 22.6. The van der Waals surface area contributed by atoms with Crippen LogP contribution in [0.5, 0.6) is 0 Å². The lowest BCUT2D eigenvalue weighted by Crippen LogP contribution is -2.31. The summed E-state index contributed by atoms with van der Waals surface area (Å²) in [5.41, 5.74) is 1.91. The van der Waals surface area contributed by atoms with E-state index in [1.165, 1.54) is 36.0 Å². The van der Waals surface area contributed by atoms with E-state index < -0.39 is 23.0 Å². The first-order valence-electron chi connectivity index (χ1n) is 14.4. The molecular formula is C35H27Cl2N3O6S. The number of thioether (sulfide) groups is 1. The number of anilines is 2. The topological polar surface area (TPSA) is 122 Å². The third-order valence-corrected chi connectivity index (χ3v) is 8.68. The second-order valence-corrected chi connectivity index (χ2v) is 12.3. The van der Waals surface area contributed by atoms with Crippen molar-refractivity contribution < 1.29 is 28.7 Å². The molecule has 1 aliphatic heterocycles. The summed E-state index contributed by atoms with van der Waals surface area (Å²) in [6.45, 7) is 1.94. The van der Waals surface area contributed by atoms with Crippen LogP contribution in [-0.4, -0.2) is 41.5 Å². The average molecular weight is 689 g/mol. The molecule has 0 bridgehead atoms. The number of carbonyl (C=O) groups excluding carboxylic acids is 5. The van der Waals surface area contributed by atoms with E-state index in [9.17, 15) is 24.0 Å². The summed E-state index contributed by atoms with van der Waals surface area (Å²) in [6.07, 6.45) is 1.46. The molecule has 0 aliphatic carbocycles. The van der Waals surface area contributed by atoms with Crippen LogP contribution >= 0.6 is 35.0 Å². The van der Waals surface area contributed by atoms with Crippen molar-refractivity contribution in [2.45, 2.75) is 23.5 Å². The number of hydrogen-bond donors (Lipinski definition) is 2. The summed E-state index contributed by atoms with van der Waals surface area (Å²) >= 11 is 13.6. The van der Waals surface area contributed by atoms with Crippen LogP contribution in [0, 0.1) is 0 Å². The minimum Gasteiger partial charge on any atom is -0.462 e. The second kappa shape index (κ2) is 15.1. The quantitative estimate of drug-likeness (QED) is 0.105. The van der Waals surface area contributed by atoms with Crippen molar-refractivity contribution in [2.75, 3.05) is 16.8 Å². The minimum absolute atomic E-state index is 0.00411. The van der Waals surface area contributed by atoms with Crippen molar-refractivity contribution >= 4 is 82.0 Å². The van der Waals surface area contributed by atoms with Crippen LogP contribution in [0.3, 0.4) is 0 Å². The largest absolute Gasteiger partial charge is 0.462 e. The summed E-state index contributed by atoms with van der Waals surface area (Å²) < 4.78 is 4.98. The normalized spacial score (nSPS) is 14.6. The van der Waals surface area contributed by atoms with E-state index in [-0.39, 0.29) is 30.5 Å². The van der Waals surface area contributed by atoms with Crippen LogP contribution in [-0.2, 0) is 19.1 Å². The standard InChI is InChI=1S/C35H27Cl2N3O6S/c1-2-46-35(45)22-9-14-26(15-10-22)40-31(41)20-30(34(40)44)47-27-16-12-25(13-17-27)38-33(43)29(18-23-8-11-24(36)19-28(23)37)39-32(42)21-6-4-3-5-7-21/h3-19,30H,2,20H2,1H3,(H,38,43)(H,39,42)/b29-18-. The predicted octanol–water partition coefficient (Wildman–Crippen LogP) is 7.00. The molecule has 4 amide bonds. The Kier molecular flexibility index (Phi) is 10.8. The molecule has 1 heterocycles. The van der Waals surface area contributed by atoms with Gasteiger partial charge in [-0.2, -0.15) is 0 Å². The van der Waals surface area contributed by atoms with Crippen molar-refractivity contribution in [1.29, 1.82) is 0 Å². The molecule has 1 atom stereocenters. The van der Waals surface area contributed by atoms with Crippen molar-refractivity contribution in [3.8, 4) is 0 Å². The van der Waals surface area contributed by atoms with E-state index in [0.29, 0.717) is 43.0 Å². The Hall–Kier alpha value is -4.90. The number of esters is 1. The number of amides is 4. The predicted molar refractivity (Wildman–Crippen MR) is 183 cm³/mol. The maximum Gasteiger partial charge on any atom is 0.338 e. The highest BCUT2D eigenvalue weighted by Crippen LogP contribution is 2.34. The van der Waals surface area contributed by atoms with Gasteiger partial charge in [-0.3, -0.25) is 19.2 Å². The highest BCUT2D eigenvalue weighted by molar-refractivity contribution is 8.00. The fourth-order valence-corrected chi connectivity index (χ4v) is 6.14. The SMILES string of the molecule is CCOC(=O)c1ccc(N2C(=O)CC(Sc3ccc(NC(=O)/C(=C/c4ccc(Cl)cc4Cl)NC(=O)c4ccccc4)cc3)C2=O)cc1. The number of nitrogens with zero attached hydrogens (tertiary/aromatic N) is 1. The molecule has 4 aromatic carbocycles. The highest BCUT2D eigenvalue weighted by atomic mass is 35.5. The third-order valence-electron chi connectivity index (χ3n) is 6.92. The van der Waals surface area contributed by atoms with Gasteiger partial charge < -0.3 is 15.4 Å². The number of rotatable bonds is 10. The lowest BCUT2D eigenvalue weighted by Gasteiger charge is -2.15. The maximum absolute atomic E-state index is 13.4. The number of benzene rings is 4. The number of ether oxygens (including phenoxy) is 1.